The molecule has 0 aliphatic carbocycles. The van der Waals surface area contributed by atoms with Crippen LogP contribution < -0.4 is 16.2 Å². The van der Waals surface area contributed by atoms with E-state index in [9.17, 15) is 9.59 Å². The Morgan fingerprint density at radius 3 is 2.73 bits per heavy atom. The van der Waals surface area contributed by atoms with Crippen molar-refractivity contribution in [1.29, 1.82) is 5.41 Å². The van der Waals surface area contributed by atoms with E-state index in [1.54, 1.807) is 12.1 Å². The number of carbonyl (C=O) groups is 1. The molecule has 0 atom stereocenters. The van der Waals surface area contributed by atoms with Gasteiger partial charge in [0.05, 0.1) is 21.5 Å². The van der Waals surface area contributed by atoms with Gasteiger partial charge in [-0.05, 0) is 26.0 Å². The van der Waals surface area contributed by atoms with Gasteiger partial charge in [0.25, 0.3) is 5.56 Å². The summed E-state index contributed by atoms with van der Waals surface area (Å²) in [7, 11) is 0. The van der Waals surface area contributed by atoms with Crippen LogP contribution in [0.15, 0.2) is 29.3 Å². The third kappa shape index (κ3) is 3.29. The number of hydrogen-bond donors (Lipinski definition) is 4. The zero-order valence-corrected chi connectivity index (χ0v) is 14.8. The average molecular weight is 374 g/mol. The molecule has 0 radical (unpaired) electrons. The summed E-state index contributed by atoms with van der Waals surface area (Å²) in [5, 5.41) is 16.6. The fraction of sp³-hybridized carbons (Fsp3) is 0.188. The van der Waals surface area contributed by atoms with Gasteiger partial charge in [-0.15, -0.1) is 0 Å². The van der Waals surface area contributed by atoms with E-state index >= 15 is 0 Å². The van der Waals surface area contributed by atoms with Gasteiger partial charge in [-0.2, -0.15) is 0 Å². The van der Waals surface area contributed by atoms with Crippen LogP contribution in [0.2, 0.25) is 5.02 Å². The molecule has 3 rings (SSSR count). The van der Waals surface area contributed by atoms with Crippen molar-refractivity contribution in [3.05, 3.63) is 45.5 Å². The fourth-order valence-corrected chi connectivity index (χ4v) is 2.51. The first kappa shape index (κ1) is 17.6. The van der Waals surface area contributed by atoms with Crippen LogP contribution in [0, 0.1) is 5.41 Å². The molecule has 26 heavy (non-hydrogen) atoms. The Labute approximate surface area is 152 Å². The Hall–Kier alpha value is -3.20. The highest BCUT2D eigenvalue weighted by molar-refractivity contribution is 6.30. The van der Waals surface area contributed by atoms with Crippen LogP contribution in [0.1, 0.15) is 19.4 Å². The van der Waals surface area contributed by atoms with E-state index in [4.69, 9.17) is 17.0 Å². The van der Waals surface area contributed by atoms with Crippen molar-refractivity contribution >= 4 is 40.6 Å². The summed E-state index contributed by atoms with van der Waals surface area (Å²) >= 11 is 5.82. The minimum absolute atomic E-state index is 0.0565. The zero-order chi connectivity index (χ0) is 18.8. The second kappa shape index (κ2) is 6.96. The molecule has 3 aromatic rings. The summed E-state index contributed by atoms with van der Waals surface area (Å²) in [6, 6.07) is 2.70. The number of nitrogens with zero attached hydrogens (tertiary/aromatic N) is 3. The standard InChI is InChI=1S/C16H16ClN7O2/c1-8(2)21-16(26)22-14-10(5-18)13-11(7-20-14)15(25)24(23-13)12-4-3-9(17)6-19-12/h3-8,18,23H,1-2H3,(H2,20,21,22,26). The second-order valence-electron chi connectivity index (χ2n) is 5.79. The molecule has 0 aliphatic rings. The number of rotatable bonds is 4. The largest absolute Gasteiger partial charge is 0.336 e. The van der Waals surface area contributed by atoms with Crippen molar-refractivity contribution < 1.29 is 4.79 Å². The van der Waals surface area contributed by atoms with Crippen molar-refractivity contribution in [1.82, 2.24) is 25.1 Å². The van der Waals surface area contributed by atoms with Crippen LogP contribution in [0.25, 0.3) is 16.7 Å². The lowest BCUT2D eigenvalue weighted by molar-refractivity contribution is 0.250. The maximum absolute atomic E-state index is 12.6. The maximum Gasteiger partial charge on any atom is 0.320 e. The molecule has 0 bridgehead atoms. The Morgan fingerprint density at radius 1 is 1.35 bits per heavy atom. The van der Waals surface area contributed by atoms with E-state index in [0.29, 0.717) is 16.4 Å². The van der Waals surface area contributed by atoms with Crippen LogP contribution in [-0.2, 0) is 0 Å². The van der Waals surface area contributed by atoms with E-state index in [1.807, 2.05) is 13.8 Å². The van der Waals surface area contributed by atoms with Gasteiger partial charge in [0.2, 0.25) is 0 Å². The van der Waals surface area contributed by atoms with Crippen molar-refractivity contribution in [2.75, 3.05) is 5.32 Å². The summed E-state index contributed by atoms with van der Waals surface area (Å²) in [4.78, 5) is 32.7. The minimum atomic E-state index is -0.448. The first-order chi connectivity index (χ1) is 12.4. The normalized spacial score (nSPS) is 10.9. The van der Waals surface area contributed by atoms with Gasteiger partial charge in [0.1, 0.15) is 5.82 Å². The summed E-state index contributed by atoms with van der Waals surface area (Å²) < 4.78 is 1.23. The predicted octanol–water partition coefficient (Wildman–Crippen LogP) is 2.29. The molecular weight excluding hydrogens is 358 g/mol. The molecule has 0 aliphatic heterocycles. The monoisotopic (exact) mass is 373 g/mol. The molecular formula is C16H16ClN7O2. The number of anilines is 1. The molecule has 0 unspecified atom stereocenters. The topological polar surface area (TPSA) is 129 Å². The van der Waals surface area contributed by atoms with Crippen LogP contribution >= 0.6 is 11.6 Å². The number of H-pyrrole nitrogens is 1. The SMILES string of the molecule is CC(C)NC(=O)Nc1ncc2c(=O)n(-c3ccc(Cl)cn3)[nH]c2c1C=N. The molecule has 2 amide bonds. The van der Waals surface area contributed by atoms with Crippen molar-refractivity contribution in [3.8, 4) is 5.82 Å². The van der Waals surface area contributed by atoms with E-state index in [0.717, 1.165) is 6.21 Å². The Balaban J connectivity index is 2.09. The van der Waals surface area contributed by atoms with Gasteiger partial charge in [0.15, 0.2) is 5.82 Å². The van der Waals surface area contributed by atoms with Gasteiger partial charge in [-0.1, -0.05) is 11.6 Å². The number of nitrogens with one attached hydrogen (secondary N) is 4. The van der Waals surface area contributed by atoms with Crippen LogP contribution in [0.3, 0.4) is 0 Å². The Kier molecular flexibility index (Phi) is 4.72. The molecule has 3 aromatic heterocycles. The average Bonchev–Trinajstić information content (AvgIpc) is 2.91. The van der Waals surface area contributed by atoms with Gasteiger partial charge < -0.3 is 10.7 Å². The molecule has 0 fully saturated rings. The van der Waals surface area contributed by atoms with Crippen molar-refractivity contribution in [3.63, 3.8) is 0 Å². The smallest absolute Gasteiger partial charge is 0.320 e. The van der Waals surface area contributed by atoms with E-state index in [2.05, 4.69) is 25.7 Å². The lowest BCUT2D eigenvalue weighted by atomic mass is 10.2. The molecule has 0 saturated carbocycles. The summed E-state index contributed by atoms with van der Waals surface area (Å²) in [6.45, 7) is 3.65. The fourth-order valence-electron chi connectivity index (χ4n) is 2.40. The summed E-state index contributed by atoms with van der Waals surface area (Å²) in [5.41, 5.74) is 0.284. The number of amides is 2. The summed E-state index contributed by atoms with van der Waals surface area (Å²) in [5.74, 6) is 0.515. The van der Waals surface area contributed by atoms with Crippen LogP contribution in [0.5, 0.6) is 0 Å². The van der Waals surface area contributed by atoms with Gasteiger partial charge in [-0.3, -0.25) is 15.2 Å². The first-order valence-electron chi connectivity index (χ1n) is 7.74. The van der Waals surface area contributed by atoms with Crippen molar-refractivity contribution in [2.24, 2.45) is 0 Å². The quantitative estimate of drug-likeness (QED) is 0.523. The number of fused-ring (bicyclic) bond motifs is 1. The van der Waals surface area contributed by atoms with Crippen LogP contribution in [0.4, 0.5) is 10.6 Å². The number of hydrogen-bond acceptors (Lipinski definition) is 5. The van der Waals surface area contributed by atoms with Gasteiger partial charge >= 0.3 is 6.03 Å². The predicted molar refractivity (Wildman–Crippen MR) is 99.7 cm³/mol. The molecule has 10 heteroatoms. The minimum Gasteiger partial charge on any atom is -0.336 e. The van der Waals surface area contributed by atoms with Crippen molar-refractivity contribution in [2.45, 2.75) is 19.9 Å². The number of urea groups is 1. The second-order valence-corrected chi connectivity index (χ2v) is 6.23. The lowest BCUT2D eigenvalue weighted by Gasteiger charge is -2.11. The van der Waals surface area contributed by atoms with E-state index in [1.165, 1.54) is 17.1 Å². The number of aromatic nitrogens is 4. The third-order valence-corrected chi connectivity index (χ3v) is 3.73. The molecule has 4 N–H and O–H groups in total. The van der Waals surface area contributed by atoms with Gasteiger partial charge in [0, 0.05) is 24.7 Å². The lowest BCUT2D eigenvalue weighted by Crippen LogP contribution is -2.34. The Bertz CT molecular complexity index is 1040. The number of halogens is 1. The molecule has 0 saturated heterocycles. The molecule has 0 spiro atoms. The molecule has 0 aromatic carbocycles. The molecule has 3 heterocycles. The van der Waals surface area contributed by atoms with Gasteiger partial charge in [-0.25, -0.2) is 19.4 Å². The number of pyridine rings is 2. The number of carbonyl (C=O) groups excluding carboxylic acids is 1. The highest BCUT2D eigenvalue weighted by atomic mass is 35.5. The zero-order valence-electron chi connectivity index (χ0n) is 14.0. The van der Waals surface area contributed by atoms with E-state index < -0.39 is 6.03 Å². The maximum atomic E-state index is 12.6. The number of aromatic amines is 1. The highest BCUT2D eigenvalue weighted by Gasteiger charge is 2.17. The first-order valence-corrected chi connectivity index (χ1v) is 8.12. The van der Waals surface area contributed by atoms with E-state index in [-0.39, 0.29) is 28.4 Å². The Morgan fingerprint density at radius 2 is 2.12 bits per heavy atom. The molecule has 134 valence electrons. The summed E-state index contributed by atoms with van der Waals surface area (Å²) in [6.07, 6.45) is 3.79. The van der Waals surface area contributed by atoms with Crippen LogP contribution in [-0.4, -0.2) is 38.0 Å². The highest BCUT2D eigenvalue weighted by Crippen LogP contribution is 2.20. The third-order valence-electron chi connectivity index (χ3n) is 3.51. The molecule has 9 nitrogen and oxygen atoms in total.